The quantitative estimate of drug-likeness (QED) is 0.428. The second-order valence-electron chi connectivity index (χ2n) is 9.55. The first-order valence-electron chi connectivity index (χ1n) is 12.6. The number of benzene rings is 2. The van der Waals surface area contributed by atoms with Crippen molar-refractivity contribution in [2.75, 3.05) is 52.8 Å². The number of methoxy groups -OCH3 is 1. The van der Waals surface area contributed by atoms with E-state index >= 15 is 0 Å². The molecule has 0 saturated carbocycles. The normalized spacial score (nSPS) is 17.1. The summed E-state index contributed by atoms with van der Waals surface area (Å²) in [6, 6.07) is 13.6. The molecule has 0 amide bonds. The molecule has 1 fully saturated rings. The van der Waals surface area contributed by atoms with E-state index in [0.29, 0.717) is 24.5 Å². The van der Waals surface area contributed by atoms with Crippen molar-refractivity contribution < 1.29 is 17.9 Å². The molecule has 0 bridgehead atoms. The molecule has 2 aromatic carbocycles. The van der Waals surface area contributed by atoms with E-state index in [4.69, 9.17) is 26.2 Å². The Morgan fingerprint density at radius 3 is 2.59 bits per heavy atom. The summed E-state index contributed by atoms with van der Waals surface area (Å²) in [5.74, 6) is 0.737. The number of aryl methyl sites for hydroxylation is 1. The van der Waals surface area contributed by atoms with Gasteiger partial charge in [0.1, 0.15) is 5.75 Å². The molecule has 3 heterocycles. The summed E-state index contributed by atoms with van der Waals surface area (Å²) in [5.41, 5.74) is 5.55. The third kappa shape index (κ3) is 5.71. The Kier molecular flexibility index (Phi) is 7.88. The molecule has 0 N–H and O–H groups in total. The highest BCUT2D eigenvalue weighted by atomic mass is 35.5. The predicted molar refractivity (Wildman–Crippen MR) is 145 cm³/mol. The fourth-order valence-corrected chi connectivity index (χ4v) is 6.19. The number of fused-ring (bicyclic) bond motifs is 1. The number of nitrogens with zero attached hydrogens (tertiary/aromatic N) is 4. The minimum absolute atomic E-state index is 0.319. The second kappa shape index (κ2) is 11.1. The molecule has 1 saturated heterocycles. The molecule has 10 heteroatoms. The van der Waals surface area contributed by atoms with Crippen molar-refractivity contribution in [3.8, 4) is 28.1 Å². The zero-order chi connectivity index (χ0) is 26.0. The van der Waals surface area contributed by atoms with Crippen LogP contribution < -0.4 is 4.74 Å². The summed E-state index contributed by atoms with van der Waals surface area (Å²) in [6.45, 7) is 6.05. The smallest absolute Gasteiger partial charge is 0.211 e. The van der Waals surface area contributed by atoms with Gasteiger partial charge in [0, 0.05) is 78.7 Å². The van der Waals surface area contributed by atoms with Crippen molar-refractivity contribution in [3.05, 3.63) is 58.7 Å². The SMILES string of the molecule is COc1ccccc1-c1cc(-c2nn(CCCN3CCOCC3)c3c2CN(S(C)(=O)=O)CC3)ccc1Cl. The van der Waals surface area contributed by atoms with Crippen LogP contribution in [0.2, 0.25) is 5.02 Å². The minimum Gasteiger partial charge on any atom is -0.496 e. The molecule has 3 aromatic rings. The third-order valence-corrected chi connectivity index (χ3v) is 8.73. The molecule has 0 atom stereocenters. The lowest BCUT2D eigenvalue weighted by Crippen LogP contribution is -2.37. The van der Waals surface area contributed by atoms with Crippen molar-refractivity contribution in [1.82, 2.24) is 19.0 Å². The molecule has 2 aliphatic rings. The van der Waals surface area contributed by atoms with Crippen LogP contribution in [0.4, 0.5) is 0 Å². The summed E-state index contributed by atoms with van der Waals surface area (Å²) < 4.78 is 39.5. The van der Waals surface area contributed by atoms with Gasteiger partial charge in [-0.05, 0) is 24.6 Å². The number of para-hydroxylation sites is 1. The molecule has 8 nitrogen and oxygen atoms in total. The van der Waals surface area contributed by atoms with Crippen molar-refractivity contribution in [2.45, 2.75) is 25.9 Å². The van der Waals surface area contributed by atoms with Crippen LogP contribution in [0.3, 0.4) is 0 Å². The lowest BCUT2D eigenvalue weighted by molar-refractivity contribution is 0.0368. The van der Waals surface area contributed by atoms with Gasteiger partial charge in [-0.3, -0.25) is 9.58 Å². The number of aromatic nitrogens is 2. The van der Waals surface area contributed by atoms with E-state index in [-0.39, 0.29) is 0 Å². The first-order valence-corrected chi connectivity index (χ1v) is 14.8. The molecule has 0 aliphatic carbocycles. The standard InChI is InChI=1S/C27H33ClN4O4S/c1-35-26-7-4-3-6-21(26)22-18-20(8-9-24(22)28)27-23-19-31(37(2,33)34)13-10-25(23)32(29-27)12-5-11-30-14-16-36-17-15-30/h3-4,6-9,18H,5,10-17,19H2,1-2H3. The molecule has 0 spiro atoms. The highest BCUT2D eigenvalue weighted by Gasteiger charge is 2.30. The number of hydrogen-bond acceptors (Lipinski definition) is 6. The van der Waals surface area contributed by atoms with E-state index in [9.17, 15) is 8.42 Å². The van der Waals surface area contributed by atoms with E-state index < -0.39 is 10.0 Å². The molecule has 1 aromatic heterocycles. The van der Waals surface area contributed by atoms with E-state index in [0.717, 1.165) is 85.2 Å². The number of sulfonamides is 1. The maximum Gasteiger partial charge on any atom is 0.211 e. The summed E-state index contributed by atoms with van der Waals surface area (Å²) in [6.07, 6.45) is 2.88. The Morgan fingerprint density at radius 2 is 1.84 bits per heavy atom. The molecule has 198 valence electrons. The van der Waals surface area contributed by atoms with Gasteiger partial charge in [-0.25, -0.2) is 8.42 Å². The van der Waals surface area contributed by atoms with Gasteiger partial charge in [0.2, 0.25) is 10.0 Å². The van der Waals surface area contributed by atoms with Crippen LogP contribution >= 0.6 is 11.6 Å². The third-order valence-electron chi connectivity index (χ3n) is 7.15. The molecular weight excluding hydrogens is 512 g/mol. The topological polar surface area (TPSA) is 76.9 Å². The summed E-state index contributed by atoms with van der Waals surface area (Å²) in [4.78, 5) is 2.42. The largest absolute Gasteiger partial charge is 0.496 e. The number of hydrogen-bond donors (Lipinski definition) is 0. The molecular formula is C27H33ClN4O4S. The highest BCUT2D eigenvalue weighted by molar-refractivity contribution is 7.88. The minimum atomic E-state index is -3.32. The zero-order valence-corrected chi connectivity index (χ0v) is 22.9. The van der Waals surface area contributed by atoms with Crippen molar-refractivity contribution in [1.29, 1.82) is 0 Å². The van der Waals surface area contributed by atoms with Gasteiger partial charge in [0.25, 0.3) is 0 Å². The lowest BCUT2D eigenvalue weighted by atomic mass is 9.97. The molecule has 0 radical (unpaired) electrons. The van der Waals surface area contributed by atoms with E-state index in [1.807, 2.05) is 42.5 Å². The van der Waals surface area contributed by atoms with Crippen LogP contribution in [0.15, 0.2) is 42.5 Å². The Hall–Kier alpha value is -2.43. The number of ether oxygens (including phenoxy) is 2. The summed E-state index contributed by atoms with van der Waals surface area (Å²) >= 11 is 6.64. The average molecular weight is 545 g/mol. The van der Waals surface area contributed by atoms with Crippen LogP contribution in [-0.4, -0.2) is 80.2 Å². The monoisotopic (exact) mass is 544 g/mol. The maximum atomic E-state index is 12.4. The van der Waals surface area contributed by atoms with Crippen molar-refractivity contribution >= 4 is 21.6 Å². The molecule has 0 unspecified atom stereocenters. The molecule has 5 rings (SSSR count). The van der Waals surface area contributed by atoms with Gasteiger partial charge in [-0.2, -0.15) is 9.40 Å². The second-order valence-corrected chi connectivity index (χ2v) is 11.9. The van der Waals surface area contributed by atoms with Gasteiger partial charge >= 0.3 is 0 Å². The van der Waals surface area contributed by atoms with Gasteiger partial charge in [-0.15, -0.1) is 0 Å². The van der Waals surface area contributed by atoms with Gasteiger partial charge in [-0.1, -0.05) is 35.9 Å². The van der Waals surface area contributed by atoms with Gasteiger partial charge in [0.15, 0.2) is 0 Å². The van der Waals surface area contributed by atoms with Gasteiger partial charge in [0.05, 0.1) is 32.3 Å². The molecule has 2 aliphatic heterocycles. The maximum absolute atomic E-state index is 12.4. The fourth-order valence-electron chi connectivity index (χ4n) is 5.18. The summed E-state index contributed by atoms with van der Waals surface area (Å²) in [7, 11) is -1.67. The summed E-state index contributed by atoms with van der Waals surface area (Å²) in [5, 5.41) is 5.66. The Bertz CT molecular complexity index is 1370. The van der Waals surface area contributed by atoms with Crippen LogP contribution in [0.1, 0.15) is 17.7 Å². The van der Waals surface area contributed by atoms with Gasteiger partial charge < -0.3 is 9.47 Å². The lowest BCUT2D eigenvalue weighted by Gasteiger charge is -2.27. The first-order chi connectivity index (χ1) is 17.8. The van der Waals surface area contributed by atoms with Crippen LogP contribution in [-0.2, 0) is 34.3 Å². The Balaban J connectivity index is 1.50. The van der Waals surface area contributed by atoms with E-state index in [1.165, 1.54) is 10.6 Å². The van der Waals surface area contributed by atoms with E-state index in [1.54, 1.807) is 7.11 Å². The number of halogens is 1. The predicted octanol–water partition coefficient (Wildman–Crippen LogP) is 3.92. The number of rotatable bonds is 8. The highest BCUT2D eigenvalue weighted by Crippen LogP contribution is 2.39. The first kappa shape index (κ1) is 26.2. The van der Waals surface area contributed by atoms with Crippen LogP contribution in [0.25, 0.3) is 22.4 Å². The van der Waals surface area contributed by atoms with E-state index in [2.05, 4.69) is 9.58 Å². The Labute approximate surface area is 223 Å². The fraction of sp³-hybridized carbons (Fsp3) is 0.444. The van der Waals surface area contributed by atoms with Crippen molar-refractivity contribution in [3.63, 3.8) is 0 Å². The average Bonchev–Trinajstić information content (AvgIpc) is 3.27. The van der Waals surface area contributed by atoms with Crippen LogP contribution in [0, 0.1) is 0 Å². The Morgan fingerprint density at radius 1 is 1.05 bits per heavy atom. The van der Waals surface area contributed by atoms with Crippen LogP contribution in [0.5, 0.6) is 5.75 Å². The number of morpholine rings is 1. The van der Waals surface area contributed by atoms with Crippen molar-refractivity contribution in [2.24, 2.45) is 0 Å². The zero-order valence-electron chi connectivity index (χ0n) is 21.3. The molecule has 37 heavy (non-hydrogen) atoms.